The number of pyridine rings is 1. The number of aromatic nitrogens is 3. The number of aromatic amines is 1. The Kier molecular flexibility index (Phi) is 4.60. The van der Waals surface area contributed by atoms with E-state index in [1.165, 1.54) is 12.1 Å². The summed E-state index contributed by atoms with van der Waals surface area (Å²) in [5.41, 5.74) is 0.800. The second-order valence-corrected chi connectivity index (χ2v) is 5.29. The third kappa shape index (κ3) is 3.81. The van der Waals surface area contributed by atoms with Crippen molar-refractivity contribution in [2.45, 2.75) is 19.4 Å². The highest BCUT2D eigenvalue weighted by molar-refractivity contribution is 5.76. The second-order valence-electron chi connectivity index (χ2n) is 5.29. The molecule has 0 fully saturated rings. The van der Waals surface area contributed by atoms with Gasteiger partial charge in [0, 0.05) is 12.6 Å². The van der Waals surface area contributed by atoms with E-state index in [1.54, 1.807) is 30.5 Å². The zero-order chi connectivity index (χ0) is 16.9. The summed E-state index contributed by atoms with van der Waals surface area (Å²) < 4.78 is 13.1. The van der Waals surface area contributed by atoms with Crippen molar-refractivity contribution in [3.05, 3.63) is 70.2 Å². The zero-order valence-corrected chi connectivity index (χ0v) is 12.8. The average Bonchev–Trinajstić information content (AvgIpc) is 2.58. The van der Waals surface area contributed by atoms with Gasteiger partial charge in [0.15, 0.2) is 5.65 Å². The lowest BCUT2D eigenvalue weighted by Crippen LogP contribution is -2.26. The number of carbonyl (C=O) groups excluding carboxylic acids is 1. The minimum absolute atomic E-state index is 0.101. The van der Waals surface area contributed by atoms with Gasteiger partial charge < -0.3 is 10.3 Å². The molecule has 2 heterocycles. The van der Waals surface area contributed by atoms with Crippen molar-refractivity contribution >= 4 is 16.9 Å². The third-order valence-electron chi connectivity index (χ3n) is 3.51. The first-order valence-corrected chi connectivity index (χ1v) is 7.47. The van der Waals surface area contributed by atoms with Crippen LogP contribution in [0.15, 0.2) is 47.4 Å². The lowest BCUT2D eigenvalue weighted by molar-refractivity contribution is -0.121. The number of rotatable bonds is 5. The Morgan fingerprint density at radius 3 is 2.96 bits per heavy atom. The Bertz CT molecular complexity index is 939. The molecule has 122 valence electrons. The fourth-order valence-corrected chi connectivity index (χ4v) is 2.32. The minimum Gasteiger partial charge on any atom is -0.349 e. The van der Waals surface area contributed by atoms with Gasteiger partial charge in [-0.3, -0.25) is 9.59 Å². The van der Waals surface area contributed by atoms with E-state index in [0.29, 0.717) is 23.3 Å². The summed E-state index contributed by atoms with van der Waals surface area (Å²) in [4.78, 5) is 34.6. The van der Waals surface area contributed by atoms with E-state index in [-0.39, 0.29) is 30.2 Å². The largest absolute Gasteiger partial charge is 0.349 e. The van der Waals surface area contributed by atoms with Gasteiger partial charge in [0.2, 0.25) is 5.91 Å². The first kappa shape index (κ1) is 15.8. The molecule has 0 atom stereocenters. The molecule has 0 aliphatic heterocycles. The molecular formula is C17H15FN4O2. The number of halogens is 1. The monoisotopic (exact) mass is 326 g/mol. The van der Waals surface area contributed by atoms with Gasteiger partial charge in [0.25, 0.3) is 5.56 Å². The SMILES string of the molecule is O=C(CCc1cccc(F)c1)NCc1nc2ncccc2c(=O)[nH]1. The Hall–Kier alpha value is -3.09. The number of carbonyl (C=O) groups is 1. The molecule has 0 unspecified atom stereocenters. The number of aryl methyl sites for hydroxylation is 1. The van der Waals surface area contributed by atoms with Gasteiger partial charge in [-0.25, -0.2) is 14.4 Å². The molecule has 6 nitrogen and oxygen atoms in total. The molecular weight excluding hydrogens is 311 g/mol. The van der Waals surface area contributed by atoms with Crippen LogP contribution < -0.4 is 10.9 Å². The van der Waals surface area contributed by atoms with E-state index >= 15 is 0 Å². The maximum Gasteiger partial charge on any atom is 0.260 e. The number of fused-ring (bicyclic) bond motifs is 1. The van der Waals surface area contributed by atoms with Crippen LogP contribution in [-0.2, 0) is 17.8 Å². The van der Waals surface area contributed by atoms with E-state index in [0.717, 1.165) is 5.56 Å². The van der Waals surface area contributed by atoms with Crippen molar-refractivity contribution in [2.75, 3.05) is 0 Å². The van der Waals surface area contributed by atoms with Gasteiger partial charge in [-0.2, -0.15) is 0 Å². The summed E-state index contributed by atoms with van der Waals surface area (Å²) in [5.74, 6) is -0.188. The molecule has 0 aliphatic rings. The Morgan fingerprint density at radius 2 is 2.12 bits per heavy atom. The van der Waals surface area contributed by atoms with Crippen molar-refractivity contribution in [3.63, 3.8) is 0 Å². The maximum absolute atomic E-state index is 13.1. The van der Waals surface area contributed by atoms with E-state index in [2.05, 4.69) is 20.3 Å². The predicted molar refractivity (Wildman–Crippen MR) is 86.7 cm³/mol. The van der Waals surface area contributed by atoms with Crippen LogP contribution >= 0.6 is 0 Å². The number of nitrogens with one attached hydrogen (secondary N) is 2. The quantitative estimate of drug-likeness (QED) is 0.747. The molecule has 1 amide bonds. The smallest absolute Gasteiger partial charge is 0.260 e. The highest BCUT2D eigenvalue weighted by Crippen LogP contribution is 2.06. The molecule has 0 saturated heterocycles. The summed E-state index contributed by atoms with van der Waals surface area (Å²) in [6.07, 6.45) is 2.21. The zero-order valence-electron chi connectivity index (χ0n) is 12.8. The van der Waals surface area contributed by atoms with Crippen LogP contribution in [0.3, 0.4) is 0 Å². The van der Waals surface area contributed by atoms with Crippen LogP contribution in [0.2, 0.25) is 0 Å². The Labute approximate surface area is 136 Å². The molecule has 3 rings (SSSR count). The van der Waals surface area contributed by atoms with Crippen LogP contribution in [0.4, 0.5) is 4.39 Å². The molecule has 2 aromatic heterocycles. The summed E-state index contributed by atoms with van der Waals surface area (Å²) in [6, 6.07) is 9.44. The van der Waals surface area contributed by atoms with E-state index in [1.807, 2.05) is 0 Å². The van der Waals surface area contributed by atoms with Gasteiger partial charge >= 0.3 is 0 Å². The van der Waals surface area contributed by atoms with E-state index < -0.39 is 0 Å². The normalized spacial score (nSPS) is 10.7. The number of H-pyrrole nitrogens is 1. The first-order chi connectivity index (χ1) is 11.6. The molecule has 3 aromatic rings. The Balaban J connectivity index is 1.59. The Morgan fingerprint density at radius 1 is 1.25 bits per heavy atom. The fourth-order valence-electron chi connectivity index (χ4n) is 2.32. The second kappa shape index (κ2) is 6.99. The van der Waals surface area contributed by atoms with Crippen molar-refractivity contribution in [1.29, 1.82) is 0 Å². The van der Waals surface area contributed by atoms with E-state index in [4.69, 9.17) is 0 Å². The lowest BCUT2D eigenvalue weighted by atomic mass is 10.1. The predicted octanol–water partition coefficient (Wildman–Crippen LogP) is 1.71. The number of benzene rings is 1. The average molecular weight is 326 g/mol. The topological polar surface area (TPSA) is 87.7 Å². The van der Waals surface area contributed by atoms with Crippen LogP contribution in [0.5, 0.6) is 0 Å². The molecule has 0 aliphatic carbocycles. The van der Waals surface area contributed by atoms with Crippen LogP contribution in [-0.4, -0.2) is 20.9 Å². The van der Waals surface area contributed by atoms with Crippen molar-refractivity contribution < 1.29 is 9.18 Å². The van der Waals surface area contributed by atoms with Crippen molar-refractivity contribution in [2.24, 2.45) is 0 Å². The number of amides is 1. The third-order valence-corrected chi connectivity index (χ3v) is 3.51. The lowest BCUT2D eigenvalue weighted by Gasteiger charge is -2.06. The van der Waals surface area contributed by atoms with Crippen LogP contribution in [0, 0.1) is 5.82 Å². The number of hydrogen-bond donors (Lipinski definition) is 2. The van der Waals surface area contributed by atoms with E-state index in [9.17, 15) is 14.0 Å². The molecule has 0 radical (unpaired) electrons. The molecule has 0 saturated carbocycles. The highest BCUT2D eigenvalue weighted by Gasteiger charge is 2.07. The highest BCUT2D eigenvalue weighted by atomic mass is 19.1. The molecule has 0 spiro atoms. The van der Waals surface area contributed by atoms with Gasteiger partial charge in [0.05, 0.1) is 11.9 Å². The van der Waals surface area contributed by atoms with Gasteiger partial charge in [0.1, 0.15) is 11.6 Å². The van der Waals surface area contributed by atoms with Crippen molar-refractivity contribution in [3.8, 4) is 0 Å². The molecule has 1 aromatic carbocycles. The molecule has 24 heavy (non-hydrogen) atoms. The maximum atomic E-state index is 13.1. The van der Waals surface area contributed by atoms with Crippen LogP contribution in [0.25, 0.3) is 11.0 Å². The summed E-state index contributed by atoms with van der Waals surface area (Å²) in [5, 5.41) is 3.08. The standard InChI is InChI=1S/C17H15FN4O2/c18-12-4-1-3-11(9-12)6-7-15(23)20-10-14-21-16-13(17(24)22-14)5-2-8-19-16/h1-5,8-9H,6-7,10H2,(H,20,23)(H,19,21,22,24). The first-order valence-electron chi connectivity index (χ1n) is 7.47. The number of hydrogen-bond acceptors (Lipinski definition) is 4. The number of nitrogens with zero attached hydrogens (tertiary/aromatic N) is 2. The summed E-state index contributed by atoms with van der Waals surface area (Å²) >= 11 is 0. The minimum atomic E-state index is -0.321. The van der Waals surface area contributed by atoms with Crippen molar-refractivity contribution in [1.82, 2.24) is 20.3 Å². The summed E-state index contributed by atoms with van der Waals surface area (Å²) in [7, 11) is 0. The van der Waals surface area contributed by atoms with Gasteiger partial charge in [-0.15, -0.1) is 0 Å². The van der Waals surface area contributed by atoms with Gasteiger partial charge in [-0.1, -0.05) is 12.1 Å². The molecule has 2 N–H and O–H groups in total. The molecule has 0 bridgehead atoms. The van der Waals surface area contributed by atoms with Gasteiger partial charge in [-0.05, 0) is 36.2 Å². The molecule has 7 heteroatoms. The summed E-state index contributed by atoms with van der Waals surface area (Å²) in [6.45, 7) is 0.101. The fraction of sp³-hybridized carbons (Fsp3) is 0.176. The van der Waals surface area contributed by atoms with Crippen LogP contribution in [0.1, 0.15) is 17.8 Å².